The molecule has 0 saturated heterocycles. The molecule has 0 spiro atoms. The van der Waals surface area contributed by atoms with E-state index in [0.717, 1.165) is 6.42 Å². The van der Waals surface area contributed by atoms with Gasteiger partial charge in [0, 0.05) is 0 Å². The maximum Gasteiger partial charge on any atom is -0.00939 e. The molecule has 0 heterocycles. The molecule has 0 bridgehead atoms. The maximum atomic E-state index is 3.84. The van der Waals surface area contributed by atoms with Crippen molar-refractivity contribution >= 4 is 0 Å². The van der Waals surface area contributed by atoms with Crippen LogP contribution in [-0.2, 0) is 6.42 Å². The fraction of sp³-hybridized carbons (Fsp3) is 0.176. The van der Waals surface area contributed by atoms with Crippen molar-refractivity contribution in [2.45, 2.75) is 20.3 Å². The van der Waals surface area contributed by atoms with Gasteiger partial charge in [0.2, 0.25) is 0 Å². The molecule has 0 aromatic heterocycles. The third-order valence-electron chi connectivity index (χ3n) is 3.17. The van der Waals surface area contributed by atoms with E-state index in [0.29, 0.717) is 0 Å². The van der Waals surface area contributed by atoms with Gasteiger partial charge < -0.3 is 0 Å². The quantitative estimate of drug-likeness (QED) is 0.660. The van der Waals surface area contributed by atoms with Crippen LogP contribution in [0.15, 0.2) is 55.1 Å². The van der Waals surface area contributed by atoms with Crippen LogP contribution in [-0.4, -0.2) is 0 Å². The van der Waals surface area contributed by atoms with Crippen LogP contribution in [0.25, 0.3) is 11.1 Å². The van der Waals surface area contributed by atoms with Crippen molar-refractivity contribution in [3.05, 3.63) is 71.8 Å². The largest absolute Gasteiger partial charge is 0.103 e. The van der Waals surface area contributed by atoms with Crippen LogP contribution >= 0.6 is 0 Å². The third-order valence-corrected chi connectivity index (χ3v) is 3.17. The van der Waals surface area contributed by atoms with Gasteiger partial charge in [-0.25, -0.2) is 0 Å². The molecule has 0 aliphatic rings. The van der Waals surface area contributed by atoms with E-state index in [4.69, 9.17) is 0 Å². The average Bonchev–Trinajstić information content (AvgIpc) is 2.35. The number of allylic oxidation sites excluding steroid dienone is 1. The Balaban J connectivity index is 2.59. The van der Waals surface area contributed by atoms with E-state index in [1.807, 2.05) is 6.08 Å². The number of hydrogen-bond acceptors (Lipinski definition) is 0. The molecular weight excluding hydrogens is 204 g/mol. The van der Waals surface area contributed by atoms with Crippen LogP contribution in [0.3, 0.4) is 0 Å². The fourth-order valence-electron chi connectivity index (χ4n) is 2.09. The predicted molar refractivity (Wildman–Crippen MR) is 75.3 cm³/mol. The second kappa shape index (κ2) is 5.01. The Hall–Kier alpha value is -1.82. The minimum Gasteiger partial charge on any atom is -0.103 e. The Morgan fingerprint density at radius 3 is 2.29 bits per heavy atom. The molecule has 0 saturated carbocycles. The van der Waals surface area contributed by atoms with E-state index < -0.39 is 0 Å². The van der Waals surface area contributed by atoms with Crippen LogP contribution in [0.1, 0.15) is 16.7 Å². The molecular formula is C17H18. The number of benzene rings is 2. The van der Waals surface area contributed by atoms with Crippen molar-refractivity contribution in [3.8, 4) is 11.1 Å². The SMILES string of the molecule is C=CCc1cc(C)c(C)cc1-c1ccccc1. The highest BCUT2D eigenvalue weighted by Gasteiger charge is 2.06. The summed E-state index contributed by atoms with van der Waals surface area (Å²) in [6.07, 6.45) is 2.89. The van der Waals surface area contributed by atoms with E-state index >= 15 is 0 Å². The normalized spacial score (nSPS) is 10.2. The molecule has 0 radical (unpaired) electrons. The van der Waals surface area contributed by atoms with E-state index in [-0.39, 0.29) is 0 Å². The molecule has 0 fully saturated rings. The van der Waals surface area contributed by atoms with E-state index in [1.54, 1.807) is 0 Å². The van der Waals surface area contributed by atoms with Crippen LogP contribution in [0, 0.1) is 13.8 Å². The lowest BCUT2D eigenvalue weighted by Gasteiger charge is -2.12. The Kier molecular flexibility index (Phi) is 3.43. The Morgan fingerprint density at radius 2 is 1.65 bits per heavy atom. The number of rotatable bonds is 3. The highest BCUT2D eigenvalue weighted by atomic mass is 14.1. The van der Waals surface area contributed by atoms with Crippen molar-refractivity contribution in [1.82, 2.24) is 0 Å². The molecule has 0 nitrogen and oxygen atoms in total. The van der Waals surface area contributed by atoms with Gasteiger partial charge in [-0.1, -0.05) is 48.5 Å². The third kappa shape index (κ3) is 2.47. The average molecular weight is 222 g/mol. The standard InChI is InChI=1S/C17H18/c1-4-8-16-11-13(2)14(3)12-17(16)15-9-6-5-7-10-15/h4-7,9-12H,1,8H2,2-3H3. The summed E-state index contributed by atoms with van der Waals surface area (Å²) < 4.78 is 0. The summed E-state index contributed by atoms with van der Waals surface area (Å²) in [4.78, 5) is 0. The zero-order valence-electron chi connectivity index (χ0n) is 10.5. The number of aryl methyl sites for hydroxylation is 2. The topological polar surface area (TPSA) is 0 Å². The van der Waals surface area contributed by atoms with E-state index in [2.05, 4.69) is 62.9 Å². The van der Waals surface area contributed by atoms with Gasteiger partial charge in [0.25, 0.3) is 0 Å². The minimum absolute atomic E-state index is 0.922. The first-order valence-corrected chi connectivity index (χ1v) is 5.99. The summed E-state index contributed by atoms with van der Waals surface area (Å²) in [5.41, 5.74) is 6.66. The van der Waals surface area contributed by atoms with Crippen LogP contribution in [0.4, 0.5) is 0 Å². The molecule has 0 heteroatoms. The van der Waals surface area contributed by atoms with Crippen molar-refractivity contribution < 1.29 is 0 Å². The lowest BCUT2D eigenvalue weighted by molar-refractivity contribution is 1.23. The smallest absolute Gasteiger partial charge is 0.00939 e. The molecule has 0 aliphatic heterocycles. The summed E-state index contributed by atoms with van der Waals surface area (Å²) >= 11 is 0. The van der Waals surface area contributed by atoms with E-state index in [1.165, 1.54) is 27.8 Å². The van der Waals surface area contributed by atoms with Crippen LogP contribution < -0.4 is 0 Å². The van der Waals surface area contributed by atoms with Gasteiger partial charge in [0.05, 0.1) is 0 Å². The van der Waals surface area contributed by atoms with Gasteiger partial charge in [0.15, 0.2) is 0 Å². The molecule has 2 aromatic carbocycles. The molecule has 2 aromatic rings. The van der Waals surface area contributed by atoms with Crippen molar-refractivity contribution in [2.75, 3.05) is 0 Å². The Bertz CT molecular complexity index is 521. The maximum absolute atomic E-state index is 3.84. The first-order valence-electron chi connectivity index (χ1n) is 5.99. The molecule has 0 atom stereocenters. The highest BCUT2D eigenvalue weighted by Crippen LogP contribution is 2.27. The molecule has 0 aliphatic carbocycles. The monoisotopic (exact) mass is 222 g/mol. The van der Waals surface area contributed by atoms with Gasteiger partial charge in [-0.2, -0.15) is 0 Å². The van der Waals surface area contributed by atoms with Crippen molar-refractivity contribution in [3.63, 3.8) is 0 Å². The molecule has 86 valence electrons. The Labute approximate surface area is 104 Å². The molecule has 0 unspecified atom stereocenters. The zero-order valence-corrected chi connectivity index (χ0v) is 10.5. The van der Waals surface area contributed by atoms with Gasteiger partial charge in [-0.05, 0) is 48.1 Å². The summed E-state index contributed by atoms with van der Waals surface area (Å²) in [7, 11) is 0. The van der Waals surface area contributed by atoms with Gasteiger partial charge in [-0.3, -0.25) is 0 Å². The summed E-state index contributed by atoms with van der Waals surface area (Å²) in [5, 5.41) is 0. The van der Waals surface area contributed by atoms with Gasteiger partial charge in [0.1, 0.15) is 0 Å². The molecule has 0 N–H and O–H groups in total. The first kappa shape index (κ1) is 11.7. The summed E-state index contributed by atoms with van der Waals surface area (Å²) in [6.45, 7) is 8.17. The molecule has 2 rings (SSSR count). The minimum atomic E-state index is 0.922. The Morgan fingerprint density at radius 1 is 1.00 bits per heavy atom. The van der Waals surface area contributed by atoms with E-state index in [9.17, 15) is 0 Å². The zero-order chi connectivity index (χ0) is 12.3. The van der Waals surface area contributed by atoms with Gasteiger partial charge >= 0.3 is 0 Å². The van der Waals surface area contributed by atoms with Crippen molar-refractivity contribution in [1.29, 1.82) is 0 Å². The first-order chi connectivity index (χ1) is 8.22. The van der Waals surface area contributed by atoms with Gasteiger partial charge in [-0.15, -0.1) is 6.58 Å². The lowest BCUT2D eigenvalue weighted by Crippen LogP contribution is -1.92. The highest BCUT2D eigenvalue weighted by molar-refractivity contribution is 5.69. The summed E-state index contributed by atoms with van der Waals surface area (Å²) in [6, 6.07) is 15.1. The van der Waals surface area contributed by atoms with Crippen LogP contribution in [0.5, 0.6) is 0 Å². The summed E-state index contributed by atoms with van der Waals surface area (Å²) in [5.74, 6) is 0. The molecule has 17 heavy (non-hydrogen) atoms. The lowest BCUT2D eigenvalue weighted by atomic mass is 9.93. The number of hydrogen-bond donors (Lipinski definition) is 0. The second-order valence-corrected chi connectivity index (χ2v) is 4.45. The van der Waals surface area contributed by atoms with Crippen molar-refractivity contribution in [2.24, 2.45) is 0 Å². The predicted octanol–water partition coefficient (Wildman–Crippen LogP) is 4.70. The molecule has 0 amide bonds. The van der Waals surface area contributed by atoms with Crippen LogP contribution in [0.2, 0.25) is 0 Å². The fourth-order valence-corrected chi connectivity index (χ4v) is 2.09. The second-order valence-electron chi connectivity index (χ2n) is 4.45.